The van der Waals surface area contributed by atoms with E-state index in [0.29, 0.717) is 4.88 Å². The van der Waals surface area contributed by atoms with Crippen molar-refractivity contribution in [1.82, 2.24) is 10.3 Å². The molecular weight excluding hydrogens is 336 g/mol. The summed E-state index contributed by atoms with van der Waals surface area (Å²) in [4.78, 5) is 40.7. The van der Waals surface area contributed by atoms with Crippen molar-refractivity contribution in [2.24, 2.45) is 5.92 Å². The molecule has 8 nitrogen and oxygen atoms in total. The zero-order valence-corrected chi connectivity index (χ0v) is 15.0. The normalized spacial score (nSPS) is 13.2. The van der Waals surface area contributed by atoms with E-state index < -0.39 is 23.8 Å². The monoisotopic (exact) mass is 358 g/mol. The lowest BCUT2D eigenvalue weighted by Gasteiger charge is -2.19. The van der Waals surface area contributed by atoms with Gasteiger partial charge in [-0.15, -0.1) is 11.3 Å². The van der Waals surface area contributed by atoms with Gasteiger partial charge in [-0.1, -0.05) is 0 Å². The summed E-state index contributed by atoms with van der Waals surface area (Å²) in [6, 6.07) is -0.867. The topological polar surface area (TPSA) is 104 Å². The summed E-state index contributed by atoms with van der Waals surface area (Å²) in [5.74, 6) is -2.00. The van der Waals surface area contributed by atoms with E-state index in [1.165, 1.54) is 38.9 Å². The average molecular weight is 358 g/mol. The molecule has 1 aromatic rings. The number of Topliss-reactive ketones (excluding diaryl/α,β-unsaturated/α-hetero) is 1. The SMILES string of the molecule is COC[C@H](CC(=O)[C@H](COC)NC(=O)c1cnc(C)s1)C(=O)OC. The second-order valence-electron chi connectivity index (χ2n) is 5.07. The first-order valence-corrected chi connectivity index (χ1v) is 8.06. The third-order valence-electron chi connectivity index (χ3n) is 3.22. The Morgan fingerprint density at radius 3 is 2.38 bits per heavy atom. The van der Waals surface area contributed by atoms with Gasteiger partial charge < -0.3 is 19.5 Å². The molecule has 0 aromatic carbocycles. The van der Waals surface area contributed by atoms with Gasteiger partial charge in [0, 0.05) is 20.6 Å². The quantitative estimate of drug-likeness (QED) is 0.611. The van der Waals surface area contributed by atoms with Crippen LogP contribution in [0.1, 0.15) is 21.1 Å². The van der Waals surface area contributed by atoms with Crippen molar-refractivity contribution in [2.45, 2.75) is 19.4 Å². The van der Waals surface area contributed by atoms with Crippen LogP contribution >= 0.6 is 11.3 Å². The zero-order valence-electron chi connectivity index (χ0n) is 14.2. The number of aromatic nitrogens is 1. The highest BCUT2D eigenvalue weighted by atomic mass is 32.1. The fourth-order valence-corrected chi connectivity index (χ4v) is 2.72. The zero-order chi connectivity index (χ0) is 18.1. The Bertz CT molecular complexity index is 574. The molecule has 1 heterocycles. The molecule has 0 radical (unpaired) electrons. The molecule has 0 saturated heterocycles. The van der Waals surface area contributed by atoms with Crippen LogP contribution in [0, 0.1) is 12.8 Å². The first-order chi connectivity index (χ1) is 11.4. The van der Waals surface area contributed by atoms with Gasteiger partial charge in [-0.05, 0) is 6.92 Å². The van der Waals surface area contributed by atoms with Crippen LogP contribution < -0.4 is 5.32 Å². The van der Waals surface area contributed by atoms with Crippen molar-refractivity contribution in [2.75, 3.05) is 34.5 Å². The Morgan fingerprint density at radius 1 is 1.21 bits per heavy atom. The Labute approximate surface area is 144 Å². The Hall–Kier alpha value is -1.84. The van der Waals surface area contributed by atoms with E-state index >= 15 is 0 Å². The molecule has 134 valence electrons. The number of esters is 1. The number of hydrogen-bond acceptors (Lipinski definition) is 8. The van der Waals surface area contributed by atoms with Crippen molar-refractivity contribution in [3.63, 3.8) is 0 Å². The van der Waals surface area contributed by atoms with Crippen LogP contribution in [-0.4, -0.2) is 63.2 Å². The molecule has 2 atom stereocenters. The number of amides is 1. The third-order valence-corrected chi connectivity index (χ3v) is 4.13. The van der Waals surface area contributed by atoms with Gasteiger partial charge in [0.2, 0.25) is 0 Å². The van der Waals surface area contributed by atoms with E-state index in [0.717, 1.165) is 5.01 Å². The minimum absolute atomic E-state index is 0.00321. The number of carbonyl (C=O) groups is 3. The fourth-order valence-electron chi connectivity index (χ4n) is 2.04. The number of rotatable bonds is 10. The van der Waals surface area contributed by atoms with Crippen LogP contribution in [0.5, 0.6) is 0 Å². The Morgan fingerprint density at radius 2 is 1.88 bits per heavy atom. The maximum absolute atomic E-state index is 12.4. The molecule has 0 unspecified atom stereocenters. The van der Waals surface area contributed by atoms with Gasteiger partial charge in [-0.2, -0.15) is 0 Å². The number of carbonyl (C=O) groups excluding carboxylic acids is 3. The van der Waals surface area contributed by atoms with Crippen molar-refractivity contribution < 1.29 is 28.6 Å². The molecule has 1 N–H and O–H groups in total. The van der Waals surface area contributed by atoms with E-state index in [-0.39, 0.29) is 25.4 Å². The van der Waals surface area contributed by atoms with Gasteiger partial charge in [0.15, 0.2) is 5.78 Å². The maximum Gasteiger partial charge on any atom is 0.311 e. The highest BCUT2D eigenvalue weighted by Crippen LogP contribution is 2.13. The smallest absolute Gasteiger partial charge is 0.311 e. The van der Waals surface area contributed by atoms with E-state index in [9.17, 15) is 14.4 Å². The molecule has 1 rings (SSSR count). The molecule has 0 bridgehead atoms. The van der Waals surface area contributed by atoms with Gasteiger partial charge in [0.25, 0.3) is 5.91 Å². The number of hydrogen-bond donors (Lipinski definition) is 1. The van der Waals surface area contributed by atoms with Gasteiger partial charge in [-0.25, -0.2) is 4.98 Å². The number of ketones is 1. The molecule has 0 spiro atoms. The first kappa shape index (κ1) is 20.2. The van der Waals surface area contributed by atoms with Gasteiger partial charge in [0.05, 0.1) is 37.4 Å². The van der Waals surface area contributed by atoms with E-state index in [1.54, 1.807) is 6.92 Å². The minimum atomic E-state index is -0.867. The molecule has 0 aliphatic carbocycles. The predicted octanol–water partition coefficient (Wildman–Crippen LogP) is 0.591. The van der Waals surface area contributed by atoms with E-state index in [4.69, 9.17) is 9.47 Å². The summed E-state index contributed by atoms with van der Waals surface area (Å²) in [5, 5.41) is 3.37. The Kier molecular flexibility index (Phi) is 8.51. The molecule has 24 heavy (non-hydrogen) atoms. The molecule has 1 aromatic heterocycles. The molecule has 0 saturated carbocycles. The molecule has 9 heteroatoms. The molecule has 0 aliphatic heterocycles. The van der Waals surface area contributed by atoms with Crippen molar-refractivity contribution >= 4 is 29.0 Å². The van der Waals surface area contributed by atoms with Crippen molar-refractivity contribution in [1.29, 1.82) is 0 Å². The van der Waals surface area contributed by atoms with Crippen LogP contribution in [-0.2, 0) is 23.8 Å². The van der Waals surface area contributed by atoms with Gasteiger partial charge in [0.1, 0.15) is 10.9 Å². The second kappa shape index (κ2) is 10.1. The lowest BCUT2D eigenvalue weighted by molar-refractivity contribution is -0.149. The lowest BCUT2D eigenvalue weighted by atomic mass is 9.99. The summed E-state index contributed by atoms with van der Waals surface area (Å²) in [6.45, 7) is 1.84. The molecule has 0 fully saturated rings. The number of nitrogens with one attached hydrogen (secondary N) is 1. The van der Waals surface area contributed by atoms with Crippen LogP contribution in [0.2, 0.25) is 0 Å². The molecule has 1 amide bonds. The summed E-state index contributed by atoms with van der Waals surface area (Å²) in [7, 11) is 4.10. The van der Waals surface area contributed by atoms with Crippen LogP contribution in [0.15, 0.2) is 6.20 Å². The van der Waals surface area contributed by atoms with Gasteiger partial charge >= 0.3 is 5.97 Å². The van der Waals surface area contributed by atoms with Crippen molar-refractivity contribution in [3.05, 3.63) is 16.1 Å². The number of ether oxygens (including phenoxy) is 3. The highest BCUT2D eigenvalue weighted by molar-refractivity contribution is 7.13. The largest absolute Gasteiger partial charge is 0.469 e. The minimum Gasteiger partial charge on any atom is -0.469 e. The average Bonchev–Trinajstić information content (AvgIpc) is 2.99. The van der Waals surface area contributed by atoms with E-state index in [2.05, 4.69) is 15.0 Å². The lowest BCUT2D eigenvalue weighted by Crippen LogP contribution is -2.45. The van der Waals surface area contributed by atoms with Crippen LogP contribution in [0.25, 0.3) is 0 Å². The molecular formula is C15H22N2O6S. The van der Waals surface area contributed by atoms with Crippen LogP contribution in [0.3, 0.4) is 0 Å². The number of methoxy groups -OCH3 is 3. The number of nitrogens with zero attached hydrogens (tertiary/aromatic N) is 1. The van der Waals surface area contributed by atoms with Gasteiger partial charge in [-0.3, -0.25) is 14.4 Å². The summed E-state index contributed by atoms with van der Waals surface area (Å²) in [6.07, 6.45) is 1.34. The number of aryl methyl sites for hydroxylation is 1. The first-order valence-electron chi connectivity index (χ1n) is 7.24. The Balaban J connectivity index is 2.76. The third kappa shape index (κ3) is 5.99. The van der Waals surface area contributed by atoms with E-state index in [1.807, 2.05) is 0 Å². The second-order valence-corrected chi connectivity index (χ2v) is 6.31. The number of thiazole rings is 1. The van der Waals surface area contributed by atoms with Crippen LogP contribution in [0.4, 0.5) is 0 Å². The summed E-state index contributed by atoms with van der Waals surface area (Å²) in [5.41, 5.74) is 0. The molecule has 0 aliphatic rings. The summed E-state index contributed by atoms with van der Waals surface area (Å²) >= 11 is 1.23. The fraction of sp³-hybridized carbons (Fsp3) is 0.600. The standard InChI is InChI=1S/C15H22N2O6S/c1-9-16-6-13(24-9)14(19)17-11(8-22-3)12(18)5-10(7-21-2)15(20)23-4/h6,10-11H,5,7-8H2,1-4H3,(H,17,19)/t10-,11-/m0/s1. The maximum atomic E-state index is 12.4. The van der Waals surface area contributed by atoms with Crippen molar-refractivity contribution in [3.8, 4) is 0 Å². The highest BCUT2D eigenvalue weighted by Gasteiger charge is 2.28. The predicted molar refractivity (Wildman–Crippen MR) is 87.0 cm³/mol. The summed E-state index contributed by atoms with van der Waals surface area (Å²) < 4.78 is 14.6.